The second-order valence-corrected chi connectivity index (χ2v) is 6.71. The predicted molar refractivity (Wildman–Crippen MR) is 99.2 cm³/mol. The van der Waals surface area contributed by atoms with Crippen LogP contribution in [0.25, 0.3) is 10.2 Å². The number of pyridine rings is 1. The lowest BCUT2D eigenvalue weighted by atomic mass is 10.1. The van der Waals surface area contributed by atoms with Gasteiger partial charge in [-0.2, -0.15) is 4.98 Å². The van der Waals surface area contributed by atoms with Crippen LogP contribution in [-0.2, 0) is 13.0 Å². The van der Waals surface area contributed by atoms with E-state index in [2.05, 4.69) is 25.6 Å². The number of fused-ring (bicyclic) bond motifs is 3. The van der Waals surface area contributed by atoms with Crippen LogP contribution < -0.4 is 21.1 Å². The molecule has 0 bridgehead atoms. The number of thiophene rings is 1. The monoisotopic (exact) mass is 355 g/mol. The van der Waals surface area contributed by atoms with Gasteiger partial charge < -0.3 is 26.5 Å². The van der Waals surface area contributed by atoms with Crippen molar-refractivity contribution in [3.63, 3.8) is 0 Å². The molecule has 25 heavy (non-hydrogen) atoms. The van der Waals surface area contributed by atoms with Gasteiger partial charge in [-0.1, -0.05) is 0 Å². The Morgan fingerprint density at radius 2 is 2.32 bits per heavy atom. The van der Waals surface area contributed by atoms with Crippen LogP contribution >= 0.6 is 11.3 Å². The predicted octanol–water partition coefficient (Wildman–Crippen LogP) is 2.06. The third-order valence-electron chi connectivity index (χ3n) is 4.16. The molecule has 0 aliphatic carbocycles. The van der Waals surface area contributed by atoms with Crippen molar-refractivity contribution in [1.82, 2.24) is 20.3 Å². The normalized spacial score (nSPS) is 13.5. The smallest absolute Gasteiger partial charge is 0.239 e. The van der Waals surface area contributed by atoms with Crippen LogP contribution in [0.15, 0.2) is 12.4 Å². The summed E-state index contributed by atoms with van der Waals surface area (Å²) in [6, 6.07) is 1.74. The van der Waals surface area contributed by atoms with E-state index in [0.717, 1.165) is 29.7 Å². The molecule has 0 atom stereocenters. The number of rotatable bonds is 4. The van der Waals surface area contributed by atoms with Crippen LogP contribution in [0.2, 0.25) is 0 Å². The molecule has 0 aromatic carbocycles. The second-order valence-electron chi connectivity index (χ2n) is 5.62. The zero-order valence-corrected chi connectivity index (χ0v) is 14.4. The Morgan fingerprint density at radius 3 is 3.12 bits per heavy atom. The fourth-order valence-electron chi connectivity index (χ4n) is 2.97. The minimum absolute atomic E-state index is 0.254. The number of ether oxygens (including phenoxy) is 1. The topological polar surface area (TPSA) is 122 Å². The maximum Gasteiger partial charge on any atom is 0.239 e. The van der Waals surface area contributed by atoms with E-state index in [1.807, 2.05) is 0 Å². The van der Waals surface area contributed by atoms with E-state index in [0.29, 0.717) is 22.9 Å². The summed E-state index contributed by atoms with van der Waals surface area (Å²) >= 11 is 1.69. The van der Waals surface area contributed by atoms with E-state index in [9.17, 15) is 0 Å². The van der Waals surface area contributed by atoms with Gasteiger partial charge in [0.25, 0.3) is 0 Å². The number of hydrogen-bond donors (Lipinski definition) is 4. The van der Waals surface area contributed by atoms with Crippen molar-refractivity contribution < 1.29 is 4.74 Å². The molecule has 0 saturated heterocycles. The number of nitrogens with zero attached hydrogens (tertiary/aromatic N) is 3. The second kappa shape index (κ2) is 6.26. The lowest BCUT2D eigenvalue weighted by Gasteiger charge is -2.15. The van der Waals surface area contributed by atoms with Crippen molar-refractivity contribution in [1.29, 1.82) is 5.41 Å². The summed E-state index contributed by atoms with van der Waals surface area (Å²) < 4.78 is 5.32. The summed E-state index contributed by atoms with van der Waals surface area (Å²) in [7, 11) is 1.53. The molecular formula is C16H17N7OS. The lowest BCUT2D eigenvalue weighted by Crippen LogP contribution is -2.22. The van der Waals surface area contributed by atoms with Crippen molar-refractivity contribution in [2.24, 2.45) is 0 Å². The summed E-state index contributed by atoms with van der Waals surface area (Å²) in [4.78, 5) is 15.3. The van der Waals surface area contributed by atoms with Crippen molar-refractivity contribution >= 4 is 45.1 Å². The molecule has 1 aliphatic rings. The van der Waals surface area contributed by atoms with Gasteiger partial charge in [-0.3, -0.25) is 0 Å². The SMILES string of the molecule is COc1nc(N)c(C=N)cc1Nc1ncnc2sc3c(c12)CCNC3. The summed E-state index contributed by atoms with van der Waals surface area (Å²) in [6.45, 7) is 1.80. The Balaban J connectivity index is 1.84. The zero-order chi connectivity index (χ0) is 17.4. The maximum absolute atomic E-state index is 7.47. The highest BCUT2D eigenvalue weighted by Crippen LogP contribution is 2.37. The molecule has 3 aromatic rings. The van der Waals surface area contributed by atoms with E-state index in [-0.39, 0.29) is 5.82 Å². The van der Waals surface area contributed by atoms with Gasteiger partial charge in [0.05, 0.1) is 12.5 Å². The fourth-order valence-corrected chi connectivity index (χ4v) is 4.12. The van der Waals surface area contributed by atoms with Gasteiger partial charge in [0, 0.05) is 23.2 Å². The number of nitrogen functional groups attached to an aromatic ring is 1. The van der Waals surface area contributed by atoms with Gasteiger partial charge in [0.1, 0.15) is 28.5 Å². The van der Waals surface area contributed by atoms with E-state index in [1.165, 1.54) is 23.8 Å². The van der Waals surface area contributed by atoms with E-state index < -0.39 is 0 Å². The van der Waals surface area contributed by atoms with Gasteiger partial charge >= 0.3 is 0 Å². The van der Waals surface area contributed by atoms with Gasteiger partial charge in [-0.25, -0.2) is 9.97 Å². The number of aromatic nitrogens is 3. The Kier molecular flexibility index (Phi) is 3.94. The third-order valence-corrected chi connectivity index (χ3v) is 5.30. The first kappa shape index (κ1) is 15.7. The van der Waals surface area contributed by atoms with Crippen LogP contribution in [-0.4, -0.2) is 34.8 Å². The highest BCUT2D eigenvalue weighted by molar-refractivity contribution is 7.19. The summed E-state index contributed by atoms with van der Waals surface area (Å²) in [5.41, 5.74) is 8.26. The number of nitrogens with one attached hydrogen (secondary N) is 3. The van der Waals surface area contributed by atoms with Gasteiger partial charge in [0.2, 0.25) is 5.88 Å². The Morgan fingerprint density at radius 1 is 1.44 bits per heavy atom. The highest BCUT2D eigenvalue weighted by atomic mass is 32.1. The zero-order valence-electron chi connectivity index (χ0n) is 13.6. The van der Waals surface area contributed by atoms with Gasteiger partial charge in [0.15, 0.2) is 0 Å². The Hall–Kier alpha value is -2.78. The first-order chi connectivity index (χ1) is 12.2. The molecule has 5 N–H and O–H groups in total. The number of methoxy groups -OCH3 is 1. The molecule has 4 rings (SSSR count). The summed E-state index contributed by atoms with van der Waals surface area (Å²) in [6.07, 6.45) is 3.66. The minimum atomic E-state index is 0.254. The number of anilines is 3. The Bertz CT molecular complexity index is 969. The molecule has 0 amide bonds. The van der Waals surface area contributed by atoms with Gasteiger partial charge in [-0.05, 0) is 24.6 Å². The van der Waals surface area contributed by atoms with Crippen molar-refractivity contribution in [2.75, 3.05) is 24.7 Å². The highest BCUT2D eigenvalue weighted by Gasteiger charge is 2.20. The number of hydrogen-bond acceptors (Lipinski definition) is 9. The van der Waals surface area contributed by atoms with Gasteiger partial charge in [-0.15, -0.1) is 11.3 Å². The molecule has 0 fully saturated rings. The molecular weight excluding hydrogens is 338 g/mol. The fraction of sp³-hybridized carbons (Fsp3) is 0.250. The number of nitrogens with two attached hydrogens (primary N) is 1. The minimum Gasteiger partial charge on any atom is -0.479 e. The van der Waals surface area contributed by atoms with Crippen molar-refractivity contribution in [3.05, 3.63) is 28.4 Å². The average molecular weight is 355 g/mol. The third kappa shape index (κ3) is 2.67. The van der Waals surface area contributed by atoms with Crippen molar-refractivity contribution in [3.8, 4) is 5.88 Å². The summed E-state index contributed by atoms with van der Waals surface area (Å²) in [5, 5.41) is 15.2. The molecule has 0 saturated carbocycles. The van der Waals surface area contributed by atoms with Crippen LogP contribution in [0.5, 0.6) is 5.88 Å². The van der Waals surface area contributed by atoms with E-state index in [4.69, 9.17) is 15.9 Å². The largest absolute Gasteiger partial charge is 0.479 e. The molecule has 3 aromatic heterocycles. The lowest BCUT2D eigenvalue weighted by molar-refractivity contribution is 0.401. The molecule has 8 nitrogen and oxygen atoms in total. The van der Waals surface area contributed by atoms with E-state index >= 15 is 0 Å². The van der Waals surface area contributed by atoms with Crippen LogP contribution in [0, 0.1) is 5.41 Å². The molecule has 9 heteroatoms. The molecule has 4 heterocycles. The van der Waals surface area contributed by atoms with Crippen molar-refractivity contribution in [2.45, 2.75) is 13.0 Å². The first-order valence-corrected chi connectivity index (χ1v) is 8.61. The van der Waals surface area contributed by atoms with Crippen LogP contribution in [0.3, 0.4) is 0 Å². The molecule has 0 radical (unpaired) electrons. The molecule has 1 aliphatic heterocycles. The quantitative estimate of drug-likeness (QED) is 0.528. The first-order valence-electron chi connectivity index (χ1n) is 7.79. The molecule has 0 spiro atoms. The molecule has 128 valence electrons. The average Bonchev–Trinajstić information content (AvgIpc) is 3.02. The standard InChI is InChI=1S/C16H17N7OS/c1-24-15-10(4-8(5-17)13(18)23-15)22-14-12-9-2-3-19-6-11(9)25-16(12)21-7-20-14/h4-5,7,17,19H,2-3,6H2,1H3,(H2,18,23)(H,20,21,22). The summed E-state index contributed by atoms with van der Waals surface area (Å²) in [5.74, 6) is 1.33. The van der Waals surface area contributed by atoms with Crippen LogP contribution in [0.1, 0.15) is 16.0 Å². The molecule has 0 unspecified atom stereocenters. The maximum atomic E-state index is 7.47. The van der Waals surface area contributed by atoms with E-state index in [1.54, 1.807) is 23.7 Å². The van der Waals surface area contributed by atoms with Crippen LogP contribution in [0.4, 0.5) is 17.3 Å². The Labute approximate surface area is 148 Å².